The number of likely N-dealkylation sites (N-methyl/N-ethyl adjacent to an activating group) is 1. The van der Waals surface area contributed by atoms with Gasteiger partial charge in [0, 0.05) is 19.3 Å². The highest BCUT2D eigenvalue weighted by atomic mass is 32.1. The molecule has 1 N–H and O–H groups in total. The number of nitrogens with one attached hydrogen (secondary N) is 1. The Kier molecular flexibility index (Phi) is 4.08. The molecule has 98 valence electrons. The van der Waals surface area contributed by atoms with Gasteiger partial charge in [0.25, 0.3) is 0 Å². The summed E-state index contributed by atoms with van der Waals surface area (Å²) >= 11 is 1.49. The first-order valence-electron chi connectivity index (χ1n) is 6.08. The van der Waals surface area contributed by atoms with E-state index in [2.05, 4.69) is 33.8 Å². The van der Waals surface area contributed by atoms with Crippen molar-refractivity contribution in [3.63, 3.8) is 0 Å². The zero-order chi connectivity index (χ0) is 13.1. The van der Waals surface area contributed by atoms with Gasteiger partial charge in [-0.2, -0.15) is 5.10 Å². The molecule has 2 aromatic rings. The highest BCUT2D eigenvalue weighted by molar-refractivity contribution is 7.05. The second-order valence-corrected chi connectivity index (χ2v) is 5.53. The normalized spacial score (nSPS) is 13.2. The van der Waals surface area contributed by atoms with E-state index in [1.807, 2.05) is 31.2 Å². The van der Waals surface area contributed by atoms with Crippen LogP contribution in [0.15, 0.2) is 12.4 Å². The monoisotopic (exact) mass is 265 g/mol. The van der Waals surface area contributed by atoms with Crippen molar-refractivity contribution >= 4 is 11.5 Å². The molecule has 0 aliphatic rings. The van der Waals surface area contributed by atoms with Gasteiger partial charge < -0.3 is 5.32 Å². The van der Waals surface area contributed by atoms with E-state index in [4.69, 9.17) is 0 Å². The number of nitrogens with zero attached hydrogens (tertiary/aromatic N) is 4. The molecule has 0 amide bonds. The van der Waals surface area contributed by atoms with E-state index in [1.165, 1.54) is 22.0 Å². The van der Waals surface area contributed by atoms with Crippen molar-refractivity contribution < 1.29 is 0 Å². The maximum Gasteiger partial charge on any atom is 0.0829 e. The van der Waals surface area contributed by atoms with Gasteiger partial charge in [-0.15, -0.1) is 5.10 Å². The average molecular weight is 265 g/mol. The summed E-state index contributed by atoms with van der Waals surface area (Å²) in [5.41, 5.74) is 2.32. The predicted octanol–water partition coefficient (Wildman–Crippen LogP) is 1.90. The number of hydrogen-bond acceptors (Lipinski definition) is 5. The topological polar surface area (TPSA) is 55.6 Å². The molecule has 2 aromatic heterocycles. The molecule has 2 heterocycles. The Balaban J connectivity index is 2.20. The lowest BCUT2D eigenvalue weighted by atomic mass is 10.0. The maximum atomic E-state index is 4.24. The Bertz CT molecular complexity index is 502. The van der Waals surface area contributed by atoms with E-state index in [9.17, 15) is 0 Å². The lowest BCUT2D eigenvalue weighted by Gasteiger charge is -2.15. The Labute approximate surface area is 111 Å². The Morgan fingerprint density at radius 2 is 2.22 bits per heavy atom. The minimum Gasteiger partial charge on any atom is -0.312 e. The van der Waals surface area contributed by atoms with Gasteiger partial charge in [-0.1, -0.05) is 18.3 Å². The SMILES string of the molecule is CNC(Cc1cnn(C)c1)c1snnc1C(C)C. The maximum absolute atomic E-state index is 4.24. The quantitative estimate of drug-likeness (QED) is 0.897. The molecular formula is C12H19N5S. The van der Waals surface area contributed by atoms with Crippen LogP contribution in [0.25, 0.3) is 0 Å². The third kappa shape index (κ3) is 2.76. The third-order valence-electron chi connectivity index (χ3n) is 2.95. The molecule has 0 saturated heterocycles. The van der Waals surface area contributed by atoms with Crippen LogP contribution >= 0.6 is 11.5 Å². The minimum atomic E-state index is 0.256. The van der Waals surface area contributed by atoms with E-state index in [1.54, 1.807) is 0 Å². The summed E-state index contributed by atoms with van der Waals surface area (Å²) in [5.74, 6) is 0.406. The Morgan fingerprint density at radius 3 is 2.78 bits per heavy atom. The summed E-state index contributed by atoms with van der Waals surface area (Å²) < 4.78 is 5.92. The number of aryl methyl sites for hydroxylation is 1. The van der Waals surface area contributed by atoms with Crippen molar-refractivity contribution in [2.24, 2.45) is 7.05 Å². The molecule has 5 nitrogen and oxygen atoms in total. The molecule has 0 aromatic carbocycles. The van der Waals surface area contributed by atoms with E-state index >= 15 is 0 Å². The molecule has 0 fully saturated rings. The fraction of sp³-hybridized carbons (Fsp3) is 0.583. The Morgan fingerprint density at radius 1 is 1.44 bits per heavy atom. The van der Waals surface area contributed by atoms with Crippen molar-refractivity contribution in [2.45, 2.75) is 32.2 Å². The second-order valence-electron chi connectivity index (χ2n) is 4.74. The lowest BCUT2D eigenvalue weighted by Crippen LogP contribution is -2.19. The average Bonchev–Trinajstić information content (AvgIpc) is 2.94. The molecule has 6 heteroatoms. The summed E-state index contributed by atoms with van der Waals surface area (Å²) in [6.45, 7) is 4.30. The first-order valence-corrected chi connectivity index (χ1v) is 6.86. The van der Waals surface area contributed by atoms with Crippen LogP contribution in [0.4, 0.5) is 0 Å². The largest absolute Gasteiger partial charge is 0.312 e. The van der Waals surface area contributed by atoms with Crippen LogP contribution in [0.3, 0.4) is 0 Å². The van der Waals surface area contributed by atoms with Crippen LogP contribution in [-0.2, 0) is 13.5 Å². The minimum absolute atomic E-state index is 0.256. The van der Waals surface area contributed by atoms with Crippen LogP contribution in [0, 0.1) is 0 Å². The van der Waals surface area contributed by atoms with Crippen LogP contribution in [0.1, 0.15) is 41.9 Å². The van der Waals surface area contributed by atoms with Gasteiger partial charge in [-0.3, -0.25) is 4.68 Å². The summed E-state index contributed by atoms with van der Waals surface area (Å²) in [6.07, 6.45) is 4.87. The first kappa shape index (κ1) is 13.2. The van der Waals surface area contributed by atoms with Crippen LogP contribution in [0.2, 0.25) is 0 Å². The van der Waals surface area contributed by atoms with Crippen LogP contribution in [-0.4, -0.2) is 26.4 Å². The van der Waals surface area contributed by atoms with Gasteiger partial charge in [-0.25, -0.2) is 0 Å². The first-order chi connectivity index (χ1) is 8.61. The van der Waals surface area contributed by atoms with Crippen LogP contribution < -0.4 is 5.32 Å². The molecule has 0 spiro atoms. The summed E-state index contributed by atoms with van der Waals surface area (Å²) in [6, 6.07) is 0.256. The summed E-state index contributed by atoms with van der Waals surface area (Å²) in [5, 5.41) is 11.8. The molecule has 1 atom stereocenters. The standard InChI is InChI=1S/C12H19N5S/c1-8(2)11-12(18-16-15-11)10(13-3)5-9-6-14-17(4)7-9/h6-8,10,13H,5H2,1-4H3. The van der Waals surface area contributed by atoms with Crippen molar-refractivity contribution in [2.75, 3.05) is 7.05 Å². The van der Waals surface area contributed by atoms with Gasteiger partial charge in [0.05, 0.1) is 16.8 Å². The van der Waals surface area contributed by atoms with E-state index in [-0.39, 0.29) is 6.04 Å². The highest BCUT2D eigenvalue weighted by Gasteiger charge is 2.20. The molecule has 1 unspecified atom stereocenters. The summed E-state index contributed by atoms with van der Waals surface area (Å²) in [7, 11) is 3.91. The van der Waals surface area contributed by atoms with Gasteiger partial charge in [0.15, 0.2) is 0 Å². The van der Waals surface area contributed by atoms with Crippen molar-refractivity contribution in [1.82, 2.24) is 24.7 Å². The van der Waals surface area contributed by atoms with Crippen molar-refractivity contribution in [3.05, 3.63) is 28.5 Å². The number of hydrogen-bond donors (Lipinski definition) is 1. The highest BCUT2D eigenvalue weighted by Crippen LogP contribution is 2.28. The molecule has 2 rings (SSSR count). The molecule has 0 aliphatic carbocycles. The van der Waals surface area contributed by atoms with Crippen molar-refractivity contribution in [3.8, 4) is 0 Å². The summed E-state index contributed by atoms with van der Waals surface area (Å²) in [4.78, 5) is 1.23. The third-order valence-corrected chi connectivity index (χ3v) is 3.80. The molecule has 0 bridgehead atoms. The Hall–Kier alpha value is -1.27. The predicted molar refractivity (Wildman–Crippen MR) is 72.7 cm³/mol. The van der Waals surface area contributed by atoms with E-state index in [0.717, 1.165) is 12.1 Å². The van der Waals surface area contributed by atoms with Crippen molar-refractivity contribution in [1.29, 1.82) is 0 Å². The second kappa shape index (κ2) is 5.58. The number of rotatable bonds is 5. The van der Waals surface area contributed by atoms with Crippen LogP contribution in [0.5, 0.6) is 0 Å². The molecule has 0 saturated carbocycles. The molecule has 0 radical (unpaired) electrons. The van der Waals surface area contributed by atoms with Gasteiger partial charge in [0.1, 0.15) is 0 Å². The fourth-order valence-corrected chi connectivity index (χ4v) is 2.90. The fourth-order valence-electron chi connectivity index (χ4n) is 1.99. The molecule has 0 aliphatic heterocycles. The smallest absolute Gasteiger partial charge is 0.0829 e. The molecular weight excluding hydrogens is 246 g/mol. The van der Waals surface area contributed by atoms with Gasteiger partial charge >= 0.3 is 0 Å². The zero-order valence-corrected chi connectivity index (χ0v) is 12.0. The lowest BCUT2D eigenvalue weighted by molar-refractivity contribution is 0.589. The zero-order valence-electron chi connectivity index (χ0n) is 11.2. The van der Waals surface area contributed by atoms with Gasteiger partial charge in [0.2, 0.25) is 0 Å². The van der Waals surface area contributed by atoms with Gasteiger partial charge in [-0.05, 0) is 36.5 Å². The molecule has 18 heavy (non-hydrogen) atoms. The number of aromatic nitrogens is 4. The van der Waals surface area contributed by atoms with E-state index in [0.29, 0.717) is 5.92 Å². The van der Waals surface area contributed by atoms with E-state index < -0.39 is 0 Å².